The monoisotopic (exact) mass is 408 g/mol. The maximum absolute atomic E-state index is 12.3. The summed E-state index contributed by atoms with van der Waals surface area (Å²) in [6.45, 7) is 2.59. The highest BCUT2D eigenvalue weighted by atomic mass is 35.5. The number of benzene rings is 1. The molecule has 1 N–H and O–H groups in total. The van der Waals surface area contributed by atoms with Crippen molar-refractivity contribution in [1.29, 1.82) is 0 Å². The lowest BCUT2D eigenvalue weighted by Gasteiger charge is -2.04. The molecule has 0 spiro atoms. The quantitative estimate of drug-likeness (QED) is 0.494. The summed E-state index contributed by atoms with van der Waals surface area (Å²) in [5, 5.41) is 22.7. The minimum absolute atomic E-state index is 0.250. The molecule has 9 nitrogen and oxygen atoms in total. The van der Waals surface area contributed by atoms with E-state index in [4.69, 9.17) is 23.2 Å². The van der Waals surface area contributed by atoms with Crippen molar-refractivity contribution in [2.45, 2.75) is 20.0 Å². The SMILES string of the molecule is CCn1cc([N+](=O)[O-])c(C(=O)Nc2ccn(Cc3ccc(Cl)c(Cl)c3)n2)n1. The number of amides is 1. The van der Waals surface area contributed by atoms with Crippen LogP contribution in [0, 0.1) is 10.1 Å². The Bertz CT molecular complexity index is 1010. The van der Waals surface area contributed by atoms with Crippen LogP contribution in [0.25, 0.3) is 0 Å². The van der Waals surface area contributed by atoms with Crippen molar-refractivity contribution in [3.8, 4) is 0 Å². The number of aromatic nitrogens is 4. The normalized spacial score (nSPS) is 10.8. The smallest absolute Gasteiger partial charge is 0.303 e. The number of halogens is 2. The summed E-state index contributed by atoms with van der Waals surface area (Å²) in [6, 6.07) is 6.81. The molecule has 2 aromatic heterocycles. The topological polar surface area (TPSA) is 108 Å². The van der Waals surface area contributed by atoms with Crippen molar-refractivity contribution in [3.63, 3.8) is 0 Å². The molecular formula is C16H14Cl2N6O3. The lowest BCUT2D eigenvalue weighted by molar-refractivity contribution is -0.385. The highest BCUT2D eigenvalue weighted by Crippen LogP contribution is 2.23. The molecule has 1 aromatic carbocycles. The molecule has 0 unspecified atom stereocenters. The van der Waals surface area contributed by atoms with Crippen LogP contribution in [0.5, 0.6) is 0 Å². The van der Waals surface area contributed by atoms with Gasteiger partial charge in [-0.15, -0.1) is 0 Å². The summed E-state index contributed by atoms with van der Waals surface area (Å²) in [7, 11) is 0. The lowest BCUT2D eigenvalue weighted by atomic mass is 10.2. The highest BCUT2D eigenvalue weighted by molar-refractivity contribution is 6.42. The summed E-state index contributed by atoms with van der Waals surface area (Å²) in [5.74, 6) is -0.450. The molecular weight excluding hydrogens is 395 g/mol. The number of nitro groups is 1. The molecule has 0 saturated carbocycles. The summed E-state index contributed by atoms with van der Waals surface area (Å²) >= 11 is 11.9. The predicted octanol–water partition coefficient (Wildman–Crippen LogP) is 3.62. The maximum atomic E-state index is 12.3. The second-order valence-corrected chi connectivity index (χ2v) is 6.39. The first kappa shape index (κ1) is 18.9. The van der Waals surface area contributed by atoms with Crippen molar-refractivity contribution in [3.05, 3.63) is 68.1 Å². The van der Waals surface area contributed by atoms with Crippen LogP contribution in [0.1, 0.15) is 23.0 Å². The number of hydrogen-bond acceptors (Lipinski definition) is 5. The Balaban J connectivity index is 1.74. The standard InChI is InChI=1S/C16H14Cl2N6O3/c1-2-22-9-13(24(26)27)15(21-22)16(25)19-14-5-6-23(20-14)8-10-3-4-11(17)12(18)7-10/h3-7,9H,2,8H2,1H3,(H,19,20,25). The molecule has 11 heteroatoms. The molecule has 0 atom stereocenters. The summed E-state index contributed by atoms with van der Waals surface area (Å²) in [5.41, 5.74) is 0.258. The average Bonchev–Trinajstić information content (AvgIpc) is 3.25. The van der Waals surface area contributed by atoms with Crippen LogP contribution in [0.2, 0.25) is 10.0 Å². The molecule has 0 fully saturated rings. The third-order valence-electron chi connectivity index (χ3n) is 3.69. The van der Waals surface area contributed by atoms with E-state index in [2.05, 4.69) is 15.5 Å². The van der Waals surface area contributed by atoms with E-state index in [1.807, 2.05) is 6.07 Å². The second-order valence-electron chi connectivity index (χ2n) is 5.58. The molecule has 0 aliphatic heterocycles. The molecule has 0 aliphatic rings. The van der Waals surface area contributed by atoms with E-state index in [0.29, 0.717) is 23.1 Å². The van der Waals surface area contributed by atoms with E-state index in [0.717, 1.165) is 5.56 Å². The Labute approximate surface area is 163 Å². The van der Waals surface area contributed by atoms with Gasteiger partial charge in [0.1, 0.15) is 6.20 Å². The van der Waals surface area contributed by atoms with Gasteiger partial charge in [-0.1, -0.05) is 29.3 Å². The number of nitrogens with zero attached hydrogens (tertiary/aromatic N) is 5. The second kappa shape index (κ2) is 7.77. The van der Waals surface area contributed by atoms with E-state index in [1.54, 1.807) is 36.0 Å². The van der Waals surface area contributed by atoms with E-state index in [1.165, 1.54) is 10.9 Å². The molecule has 140 valence electrons. The fourth-order valence-electron chi connectivity index (χ4n) is 2.39. The highest BCUT2D eigenvalue weighted by Gasteiger charge is 2.25. The first-order valence-corrected chi connectivity index (χ1v) is 8.63. The molecule has 3 rings (SSSR count). The van der Waals surface area contributed by atoms with Gasteiger partial charge in [0.05, 0.1) is 21.5 Å². The van der Waals surface area contributed by atoms with E-state index in [9.17, 15) is 14.9 Å². The number of carbonyl (C=O) groups is 1. The Kier molecular flexibility index (Phi) is 5.43. The van der Waals surface area contributed by atoms with Gasteiger partial charge >= 0.3 is 5.69 Å². The number of carbonyl (C=O) groups excluding carboxylic acids is 1. The van der Waals surface area contributed by atoms with Gasteiger partial charge in [0.25, 0.3) is 5.91 Å². The van der Waals surface area contributed by atoms with Crippen LogP contribution in [0.3, 0.4) is 0 Å². The van der Waals surface area contributed by atoms with Gasteiger partial charge in [-0.05, 0) is 24.6 Å². The van der Waals surface area contributed by atoms with Crippen molar-refractivity contribution >= 4 is 40.6 Å². The Morgan fingerprint density at radius 3 is 2.67 bits per heavy atom. The van der Waals surface area contributed by atoms with Gasteiger partial charge < -0.3 is 5.32 Å². The maximum Gasteiger partial charge on any atom is 0.320 e. The zero-order valence-corrected chi connectivity index (χ0v) is 15.6. The van der Waals surface area contributed by atoms with E-state index < -0.39 is 10.8 Å². The van der Waals surface area contributed by atoms with Crippen molar-refractivity contribution in [1.82, 2.24) is 19.6 Å². The van der Waals surface area contributed by atoms with Crippen LogP contribution in [0.15, 0.2) is 36.7 Å². The molecule has 3 aromatic rings. The number of rotatable bonds is 6. The van der Waals surface area contributed by atoms with Crippen molar-refractivity contribution in [2.75, 3.05) is 5.32 Å². The number of anilines is 1. The fraction of sp³-hybridized carbons (Fsp3) is 0.188. The summed E-state index contributed by atoms with van der Waals surface area (Å²) in [4.78, 5) is 22.8. The number of nitrogens with one attached hydrogen (secondary N) is 1. The number of hydrogen-bond donors (Lipinski definition) is 1. The van der Waals surface area contributed by atoms with E-state index >= 15 is 0 Å². The lowest BCUT2D eigenvalue weighted by Crippen LogP contribution is -2.15. The van der Waals surface area contributed by atoms with Crippen LogP contribution in [-0.4, -0.2) is 30.4 Å². The summed E-state index contributed by atoms with van der Waals surface area (Å²) in [6.07, 6.45) is 2.88. The zero-order chi connectivity index (χ0) is 19.6. The molecule has 0 radical (unpaired) electrons. The Morgan fingerprint density at radius 2 is 2.00 bits per heavy atom. The van der Waals surface area contributed by atoms with E-state index in [-0.39, 0.29) is 17.2 Å². The fourth-order valence-corrected chi connectivity index (χ4v) is 2.71. The molecule has 0 aliphatic carbocycles. The first-order chi connectivity index (χ1) is 12.9. The molecule has 0 saturated heterocycles. The van der Waals surface area contributed by atoms with Gasteiger partial charge in [-0.3, -0.25) is 24.3 Å². The minimum atomic E-state index is -0.700. The Morgan fingerprint density at radius 1 is 1.22 bits per heavy atom. The van der Waals surface area contributed by atoms with Crippen LogP contribution in [0.4, 0.5) is 11.5 Å². The molecule has 2 heterocycles. The van der Waals surface area contributed by atoms with Gasteiger partial charge in [-0.2, -0.15) is 10.2 Å². The van der Waals surface area contributed by atoms with Crippen LogP contribution < -0.4 is 5.32 Å². The Hall–Kier alpha value is -2.91. The third kappa shape index (κ3) is 4.26. The van der Waals surface area contributed by atoms with Crippen molar-refractivity contribution in [2.24, 2.45) is 0 Å². The van der Waals surface area contributed by atoms with Crippen LogP contribution in [-0.2, 0) is 13.1 Å². The van der Waals surface area contributed by atoms with Gasteiger partial charge in [0.2, 0.25) is 5.69 Å². The minimum Gasteiger partial charge on any atom is -0.303 e. The van der Waals surface area contributed by atoms with Crippen molar-refractivity contribution < 1.29 is 9.72 Å². The predicted molar refractivity (Wildman–Crippen MR) is 100 cm³/mol. The average molecular weight is 409 g/mol. The zero-order valence-electron chi connectivity index (χ0n) is 14.1. The van der Waals surface area contributed by atoms with Crippen LogP contribution >= 0.6 is 23.2 Å². The van der Waals surface area contributed by atoms with Gasteiger partial charge in [0.15, 0.2) is 5.82 Å². The number of aryl methyl sites for hydroxylation is 1. The molecule has 27 heavy (non-hydrogen) atoms. The molecule has 0 bridgehead atoms. The third-order valence-corrected chi connectivity index (χ3v) is 4.43. The molecule has 1 amide bonds. The van der Waals surface area contributed by atoms with Gasteiger partial charge in [-0.25, -0.2) is 0 Å². The van der Waals surface area contributed by atoms with Gasteiger partial charge in [0, 0.05) is 18.8 Å². The summed E-state index contributed by atoms with van der Waals surface area (Å²) < 4.78 is 2.92. The first-order valence-electron chi connectivity index (χ1n) is 7.88. The largest absolute Gasteiger partial charge is 0.320 e.